The van der Waals surface area contributed by atoms with E-state index in [4.69, 9.17) is 10.5 Å². The van der Waals surface area contributed by atoms with E-state index in [1.807, 2.05) is 6.92 Å². The molecule has 0 saturated heterocycles. The van der Waals surface area contributed by atoms with Crippen LogP contribution in [0.4, 0.5) is 0 Å². The summed E-state index contributed by atoms with van der Waals surface area (Å²) in [5.41, 5.74) is 4.99. The molecule has 1 atom stereocenters. The molecule has 0 aromatic heterocycles. The standard InChI is InChI=1S/C7H15NO2/c1-6(3-4-10-2)5-7(8)9/h6H,3-5H2,1-2H3,(H2,8,9)/t6-/m0/s1. The normalized spacial score (nSPS) is 13.0. The van der Waals surface area contributed by atoms with Gasteiger partial charge in [0.1, 0.15) is 0 Å². The fraction of sp³-hybridized carbons (Fsp3) is 0.857. The number of primary amides is 1. The highest BCUT2D eigenvalue weighted by atomic mass is 16.5. The molecular formula is C7H15NO2. The zero-order valence-electron chi connectivity index (χ0n) is 6.59. The Hall–Kier alpha value is -0.570. The highest BCUT2D eigenvalue weighted by Crippen LogP contribution is 2.05. The molecule has 0 spiro atoms. The Morgan fingerprint density at radius 1 is 1.70 bits per heavy atom. The lowest BCUT2D eigenvalue weighted by Crippen LogP contribution is -2.15. The van der Waals surface area contributed by atoms with Gasteiger partial charge in [0.05, 0.1) is 0 Å². The summed E-state index contributed by atoms with van der Waals surface area (Å²) in [6, 6.07) is 0. The third kappa shape index (κ3) is 5.56. The molecule has 10 heavy (non-hydrogen) atoms. The van der Waals surface area contributed by atoms with Crippen LogP contribution in [0.5, 0.6) is 0 Å². The van der Waals surface area contributed by atoms with Gasteiger partial charge in [0, 0.05) is 20.1 Å². The van der Waals surface area contributed by atoms with Crippen LogP contribution in [0.2, 0.25) is 0 Å². The van der Waals surface area contributed by atoms with Crippen LogP contribution in [-0.4, -0.2) is 19.6 Å². The van der Waals surface area contributed by atoms with E-state index in [0.717, 1.165) is 6.42 Å². The SMILES string of the molecule is COCC[C@H](C)CC(N)=O. The van der Waals surface area contributed by atoms with Gasteiger partial charge in [0.25, 0.3) is 0 Å². The second-order valence-electron chi connectivity index (χ2n) is 2.56. The maximum absolute atomic E-state index is 10.4. The fourth-order valence-electron chi connectivity index (χ4n) is 0.765. The lowest BCUT2D eigenvalue weighted by molar-refractivity contribution is -0.118. The van der Waals surface area contributed by atoms with Gasteiger partial charge >= 0.3 is 0 Å². The predicted octanol–water partition coefficient (Wildman–Crippen LogP) is 0.534. The Balaban J connectivity index is 3.25. The highest BCUT2D eigenvalue weighted by molar-refractivity contribution is 5.73. The first-order chi connectivity index (χ1) is 4.66. The van der Waals surface area contributed by atoms with Crippen molar-refractivity contribution in [2.24, 2.45) is 11.7 Å². The molecular weight excluding hydrogens is 130 g/mol. The van der Waals surface area contributed by atoms with E-state index in [-0.39, 0.29) is 5.91 Å². The second-order valence-corrected chi connectivity index (χ2v) is 2.56. The lowest BCUT2D eigenvalue weighted by Gasteiger charge is -2.06. The minimum absolute atomic E-state index is 0.233. The van der Waals surface area contributed by atoms with Crippen molar-refractivity contribution in [2.45, 2.75) is 19.8 Å². The summed E-state index contributed by atoms with van der Waals surface area (Å²) in [6.45, 7) is 2.69. The van der Waals surface area contributed by atoms with Crippen LogP contribution in [0.15, 0.2) is 0 Å². The monoisotopic (exact) mass is 145 g/mol. The molecule has 3 heteroatoms. The molecule has 0 unspecified atom stereocenters. The molecule has 0 heterocycles. The van der Waals surface area contributed by atoms with Crippen LogP contribution in [0.3, 0.4) is 0 Å². The smallest absolute Gasteiger partial charge is 0.217 e. The van der Waals surface area contributed by atoms with E-state index in [9.17, 15) is 4.79 Å². The average molecular weight is 145 g/mol. The molecule has 2 N–H and O–H groups in total. The molecule has 0 aliphatic carbocycles. The summed E-state index contributed by atoms with van der Waals surface area (Å²) in [5, 5.41) is 0. The highest BCUT2D eigenvalue weighted by Gasteiger charge is 2.04. The number of amides is 1. The Morgan fingerprint density at radius 2 is 2.30 bits per heavy atom. The number of nitrogens with two attached hydrogens (primary N) is 1. The van der Waals surface area contributed by atoms with Crippen molar-refractivity contribution in [3.05, 3.63) is 0 Å². The lowest BCUT2D eigenvalue weighted by atomic mass is 10.0. The van der Waals surface area contributed by atoms with Crippen LogP contribution in [0, 0.1) is 5.92 Å². The Bertz CT molecular complexity index is 104. The Kier molecular flexibility index (Phi) is 4.94. The maximum atomic E-state index is 10.4. The van der Waals surface area contributed by atoms with E-state index in [0.29, 0.717) is 18.9 Å². The van der Waals surface area contributed by atoms with Gasteiger partial charge in [-0.05, 0) is 12.3 Å². The van der Waals surface area contributed by atoms with Crippen LogP contribution >= 0.6 is 0 Å². The van der Waals surface area contributed by atoms with Gasteiger partial charge in [-0.25, -0.2) is 0 Å². The summed E-state index contributed by atoms with van der Waals surface area (Å²) < 4.78 is 4.84. The predicted molar refractivity (Wildman–Crippen MR) is 39.5 cm³/mol. The number of carbonyl (C=O) groups excluding carboxylic acids is 1. The summed E-state index contributed by atoms with van der Waals surface area (Å²) in [4.78, 5) is 10.4. The van der Waals surface area contributed by atoms with Gasteiger partial charge in [-0.15, -0.1) is 0 Å². The first-order valence-corrected chi connectivity index (χ1v) is 3.44. The van der Waals surface area contributed by atoms with Gasteiger partial charge in [-0.1, -0.05) is 6.92 Å². The van der Waals surface area contributed by atoms with Crippen molar-refractivity contribution in [2.75, 3.05) is 13.7 Å². The van der Waals surface area contributed by atoms with E-state index in [2.05, 4.69) is 0 Å². The van der Waals surface area contributed by atoms with Gasteiger partial charge in [-0.3, -0.25) is 4.79 Å². The van der Waals surface area contributed by atoms with Crippen LogP contribution in [0.25, 0.3) is 0 Å². The van der Waals surface area contributed by atoms with Gasteiger partial charge in [0.15, 0.2) is 0 Å². The molecule has 1 amide bonds. The van der Waals surface area contributed by atoms with E-state index >= 15 is 0 Å². The van der Waals surface area contributed by atoms with Crippen molar-refractivity contribution in [3.8, 4) is 0 Å². The van der Waals surface area contributed by atoms with Crippen LogP contribution in [0.1, 0.15) is 19.8 Å². The minimum atomic E-state index is -0.233. The third-order valence-electron chi connectivity index (χ3n) is 1.36. The van der Waals surface area contributed by atoms with E-state index < -0.39 is 0 Å². The van der Waals surface area contributed by atoms with Crippen LogP contribution < -0.4 is 5.73 Å². The topological polar surface area (TPSA) is 52.3 Å². The first kappa shape index (κ1) is 9.43. The van der Waals surface area contributed by atoms with Gasteiger partial charge in [-0.2, -0.15) is 0 Å². The number of hydrogen-bond acceptors (Lipinski definition) is 2. The number of hydrogen-bond donors (Lipinski definition) is 1. The number of rotatable bonds is 5. The molecule has 0 aliphatic rings. The van der Waals surface area contributed by atoms with Crippen molar-refractivity contribution >= 4 is 5.91 Å². The zero-order valence-corrected chi connectivity index (χ0v) is 6.59. The molecule has 0 aromatic rings. The van der Waals surface area contributed by atoms with Crippen molar-refractivity contribution in [1.29, 1.82) is 0 Å². The summed E-state index contributed by atoms with van der Waals surface area (Å²) in [5.74, 6) is 0.112. The largest absolute Gasteiger partial charge is 0.385 e. The van der Waals surface area contributed by atoms with Gasteiger partial charge < -0.3 is 10.5 Å². The fourth-order valence-corrected chi connectivity index (χ4v) is 0.765. The molecule has 0 rings (SSSR count). The third-order valence-corrected chi connectivity index (χ3v) is 1.36. The zero-order chi connectivity index (χ0) is 7.98. The van der Waals surface area contributed by atoms with Gasteiger partial charge in [0.2, 0.25) is 5.91 Å². The quantitative estimate of drug-likeness (QED) is 0.613. The summed E-state index contributed by atoms with van der Waals surface area (Å²) in [6.07, 6.45) is 1.36. The Labute approximate surface area is 61.5 Å². The maximum Gasteiger partial charge on any atom is 0.217 e. The molecule has 0 radical (unpaired) electrons. The average Bonchev–Trinajstić information content (AvgIpc) is 1.82. The summed E-state index contributed by atoms with van der Waals surface area (Å²) in [7, 11) is 1.65. The van der Waals surface area contributed by atoms with E-state index in [1.54, 1.807) is 7.11 Å². The molecule has 0 aromatic carbocycles. The molecule has 0 saturated carbocycles. The number of carbonyl (C=O) groups is 1. The second kappa shape index (κ2) is 5.23. The molecule has 0 aliphatic heterocycles. The molecule has 60 valence electrons. The van der Waals surface area contributed by atoms with Crippen molar-refractivity contribution in [3.63, 3.8) is 0 Å². The molecule has 0 fully saturated rings. The summed E-state index contributed by atoms with van der Waals surface area (Å²) >= 11 is 0. The van der Waals surface area contributed by atoms with Crippen molar-refractivity contribution < 1.29 is 9.53 Å². The van der Waals surface area contributed by atoms with E-state index in [1.165, 1.54) is 0 Å². The molecule has 0 bridgehead atoms. The minimum Gasteiger partial charge on any atom is -0.385 e. The van der Waals surface area contributed by atoms with Crippen LogP contribution in [-0.2, 0) is 9.53 Å². The first-order valence-electron chi connectivity index (χ1n) is 3.44. The Morgan fingerprint density at radius 3 is 2.70 bits per heavy atom. The van der Waals surface area contributed by atoms with Crippen molar-refractivity contribution in [1.82, 2.24) is 0 Å². The molecule has 3 nitrogen and oxygen atoms in total. The number of methoxy groups -OCH3 is 1. The number of ether oxygens (including phenoxy) is 1.